The van der Waals surface area contributed by atoms with Crippen LogP contribution in [0.2, 0.25) is 0 Å². The Kier molecular flexibility index (Phi) is 5.34. The minimum absolute atomic E-state index is 0.0908. The number of methoxy groups -OCH3 is 1. The lowest BCUT2D eigenvalue weighted by atomic mass is 10.1. The highest BCUT2D eigenvalue weighted by Gasteiger charge is 2.19. The first-order valence-corrected chi connectivity index (χ1v) is 10.1. The molecule has 0 spiro atoms. The Morgan fingerprint density at radius 2 is 1.74 bits per heavy atom. The van der Waals surface area contributed by atoms with Gasteiger partial charge in [0.1, 0.15) is 10.6 Å². The predicted molar refractivity (Wildman–Crippen MR) is 106 cm³/mol. The molecule has 0 aliphatic heterocycles. The van der Waals surface area contributed by atoms with E-state index in [1.165, 1.54) is 7.11 Å². The van der Waals surface area contributed by atoms with E-state index in [0.29, 0.717) is 5.56 Å². The number of aromatic nitrogens is 1. The molecule has 0 fully saturated rings. The fourth-order valence-corrected chi connectivity index (χ4v) is 4.23. The van der Waals surface area contributed by atoms with E-state index in [0.717, 1.165) is 22.0 Å². The van der Waals surface area contributed by atoms with Crippen molar-refractivity contribution in [3.05, 3.63) is 69.5 Å². The summed E-state index contributed by atoms with van der Waals surface area (Å²) in [7, 11) is -2.31. The summed E-state index contributed by atoms with van der Waals surface area (Å²) in [6.45, 7) is 3.91. The van der Waals surface area contributed by atoms with Crippen molar-refractivity contribution in [2.45, 2.75) is 25.2 Å². The third-order valence-electron chi connectivity index (χ3n) is 4.37. The van der Waals surface area contributed by atoms with Crippen molar-refractivity contribution < 1.29 is 13.2 Å². The van der Waals surface area contributed by atoms with Gasteiger partial charge in [0.05, 0.1) is 7.11 Å². The summed E-state index contributed by atoms with van der Waals surface area (Å²) in [5.74, 6) is 0.284. The predicted octanol–water partition coefficient (Wildman–Crippen LogP) is 2.67. The Labute approximate surface area is 158 Å². The monoisotopic (exact) mass is 386 g/mol. The molecule has 6 nitrogen and oxygen atoms in total. The summed E-state index contributed by atoms with van der Waals surface area (Å²) in [4.78, 5) is 15.2. The smallest absolute Gasteiger partial charge is 0.251 e. The molecular formula is C20H22N2O4S. The molecule has 0 aliphatic rings. The van der Waals surface area contributed by atoms with E-state index in [1.807, 2.05) is 38.1 Å². The standard InChI is InChI=1S/C20H22N2O4S/c1-13-4-6-17-16(10-13)12-15(20(23)22-17)8-9-21-27(24,25)19-11-14(2)5-7-18(19)26-3/h4-7,10-12,21H,8-9H2,1-3H3,(H,22,23). The molecule has 0 aliphatic carbocycles. The normalized spacial score (nSPS) is 11.7. The first-order chi connectivity index (χ1) is 12.8. The van der Waals surface area contributed by atoms with Gasteiger partial charge in [-0.15, -0.1) is 0 Å². The Morgan fingerprint density at radius 3 is 2.48 bits per heavy atom. The van der Waals surface area contributed by atoms with Crippen LogP contribution < -0.4 is 15.0 Å². The maximum atomic E-state index is 12.6. The molecule has 0 radical (unpaired) electrons. The molecule has 3 rings (SSSR count). The summed E-state index contributed by atoms with van der Waals surface area (Å²) in [6, 6.07) is 12.6. The van der Waals surface area contributed by atoms with Crippen LogP contribution in [0.3, 0.4) is 0 Å². The highest BCUT2D eigenvalue weighted by atomic mass is 32.2. The number of sulfonamides is 1. The minimum atomic E-state index is -3.74. The Morgan fingerprint density at radius 1 is 1.04 bits per heavy atom. The van der Waals surface area contributed by atoms with Gasteiger partial charge in [-0.1, -0.05) is 17.7 Å². The highest BCUT2D eigenvalue weighted by molar-refractivity contribution is 7.89. The van der Waals surface area contributed by atoms with Crippen LogP contribution in [0.1, 0.15) is 16.7 Å². The van der Waals surface area contributed by atoms with Crippen LogP contribution in [-0.2, 0) is 16.4 Å². The van der Waals surface area contributed by atoms with Crippen LogP contribution in [0.5, 0.6) is 5.75 Å². The molecule has 0 atom stereocenters. The molecule has 0 amide bonds. The zero-order valence-electron chi connectivity index (χ0n) is 15.5. The largest absolute Gasteiger partial charge is 0.495 e. The minimum Gasteiger partial charge on any atom is -0.495 e. The van der Waals surface area contributed by atoms with Gasteiger partial charge in [0, 0.05) is 17.6 Å². The lowest BCUT2D eigenvalue weighted by Gasteiger charge is -2.11. The van der Waals surface area contributed by atoms with Crippen molar-refractivity contribution in [2.24, 2.45) is 0 Å². The number of ether oxygens (including phenoxy) is 1. The number of nitrogens with one attached hydrogen (secondary N) is 2. The number of hydrogen-bond donors (Lipinski definition) is 2. The molecule has 1 heterocycles. The van der Waals surface area contributed by atoms with E-state index in [-0.39, 0.29) is 29.2 Å². The van der Waals surface area contributed by atoms with Crippen molar-refractivity contribution in [3.8, 4) is 5.75 Å². The molecule has 1 aromatic heterocycles. The summed E-state index contributed by atoms with van der Waals surface area (Å²) in [6.07, 6.45) is 0.284. The van der Waals surface area contributed by atoms with E-state index < -0.39 is 10.0 Å². The second kappa shape index (κ2) is 7.54. The number of aryl methyl sites for hydroxylation is 2. The number of benzene rings is 2. The molecule has 0 unspecified atom stereocenters. The van der Waals surface area contributed by atoms with Gasteiger partial charge in [0.2, 0.25) is 10.0 Å². The first kappa shape index (κ1) is 19.1. The molecule has 27 heavy (non-hydrogen) atoms. The van der Waals surface area contributed by atoms with E-state index in [4.69, 9.17) is 4.74 Å². The summed E-state index contributed by atoms with van der Waals surface area (Å²) < 4.78 is 32.9. The lowest BCUT2D eigenvalue weighted by molar-refractivity contribution is 0.402. The molecule has 142 valence electrons. The van der Waals surface area contributed by atoms with Gasteiger partial charge in [-0.3, -0.25) is 4.79 Å². The Bertz CT molecular complexity index is 1150. The van der Waals surface area contributed by atoms with Crippen molar-refractivity contribution in [2.75, 3.05) is 13.7 Å². The third-order valence-corrected chi connectivity index (χ3v) is 5.85. The highest BCUT2D eigenvalue weighted by Crippen LogP contribution is 2.24. The van der Waals surface area contributed by atoms with Crippen LogP contribution in [0, 0.1) is 13.8 Å². The number of fused-ring (bicyclic) bond motifs is 1. The van der Waals surface area contributed by atoms with Crippen molar-refractivity contribution in [1.29, 1.82) is 0 Å². The maximum absolute atomic E-state index is 12.6. The molecule has 2 aromatic carbocycles. The zero-order valence-corrected chi connectivity index (χ0v) is 16.3. The van der Waals surface area contributed by atoms with E-state index in [2.05, 4.69) is 9.71 Å². The average molecular weight is 386 g/mol. The van der Waals surface area contributed by atoms with Crippen molar-refractivity contribution in [3.63, 3.8) is 0 Å². The molecule has 2 N–H and O–H groups in total. The molecule has 0 saturated heterocycles. The lowest BCUT2D eigenvalue weighted by Crippen LogP contribution is -2.28. The molecule has 7 heteroatoms. The Hall–Kier alpha value is -2.64. The van der Waals surface area contributed by atoms with Crippen molar-refractivity contribution in [1.82, 2.24) is 9.71 Å². The van der Waals surface area contributed by atoms with Crippen LogP contribution >= 0.6 is 0 Å². The van der Waals surface area contributed by atoms with Crippen LogP contribution in [0.15, 0.2) is 52.2 Å². The van der Waals surface area contributed by atoms with E-state index in [9.17, 15) is 13.2 Å². The van der Waals surface area contributed by atoms with Gasteiger partial charge in [-0.2, -0.15) is 0 Å². The number of H-pyrrole nitrogens is 1. The SMILES string of the molecule is COc1ccc(C)cc1S(=O)(=O)NCCc1cc2cc(C)ccc2[nH]c1=O. The zero-order chi connectivity index (χ0) is 19.6. The third kappa shape index (κ3) is 4.20. The van der Waals surface area contributed by atoms with E-state index >= 15 is 0 Å². The van der Waals surface area contributed by atoms with Crippen LogP contribution in [0.25, 0.3) is 10.9 Å². The fraction of sp³-hybridized carbons (Fsp3) is 0.250. The topological polar surface area (TPSA) is 88.3 Å². The van der Waals surface area contributed by atoms with Gasteiger partial charge in [0.15, 0.2) is 0 Å². The van der Waals surface area contributed by atoms with Gasteiger partial charge in [-0.25, -0.2) is 13.1 Å². The van der Waals surface area contributed by atoms with Gasteiger partial charge in [-0.05, 0) is 61.5 Å². The van der Waals surface area contributed by atoms with Crippen LogP contribution in [0.4, 0.5) is 0 Å². The first-order valence-electron chi connectivity index (χ1n) is 8.57. The average Bonchev–Trinajstić information content (AvgIpc) is 2.62. The number of hydrogen-bond acceptors (Lipinski definition) is 4. The quantitative estimate of drug-likeness (QED) is 0.682. The van der Waals surface area contributed by atoms with Crippen LogP contribution in [-0.4, -0.2) is 27.1 Å². The maximum Gasteiger partial charge on any atom is 0.251 e. The van der Waals surface area contributed by atoms with Gasteiger partial charge >= 0.3 is 0 Å². The molecule has 0 bridgehead atoms. The number of aromatic amines is 1. The van der Waals surface area contributed by atoms with Gasteiger partial charge < -0.3 is 9.72 Å². The Balaban J connectivity index is 1.80. The summed E-state index contributed by atoms with van der Waals surface area (Å²) in [5, 5.41) is 0.924. The second-order valence-electron chi connectivity index (χ2n) is 6.52. The summed E-state index contributed by atoms with van der Waals surface area (Å²) >= 11 is 0. The molecular weight excluding hydrogens is 364 g/mol. The fourth-order valence-electron chi connectivity index (χ4n) is 2.95. The molecule has 3 aromatic rings. The van der Waals surface area contributed by atoms with Crippen molar-refractivity contribution >= 4 is 20.9 Å². The number of rotatable bonds is 6. The van der Waals surface area contributed by atoms with Gasteiger partial charge in [0.25, 0.3) is 5.56 Å². The molecule has 0 saturated carbocycles. The summed E-state index contributed by atoms with van der Waals surface area (Å²) in [5.41, 5.74) is 3.00. The number of pyridine rings is 1. The van der Waals surface area contributed by atoms with E-state index in [1.54, 1.807) is 18.2 Å². The second-order valence-corrected chi connectivity index (χ2v) is 8.25.